The molecule has 0 bridgehead atoms. The van der Waals surface area contributed by atoms with E-state index < -0.39 is 0 Å². The summed E-state index contributed by atoms with van der Waals surface area (Å²) >= 11 is 0. The van der Waals surface area contributed by atoms with Gasteiger partial charge in [0.15, 0.2) is 0 Å². The minimum atomic E-state index is -0.303. The van der Waals surface area contributed by atoms with Gasteiger partial charge in [-0.1, -0.05) is 36.4 Å². The van der Waals surface area contributed by atoms with Crippen LogP contribution in [-0.2, 0) is 5.41 Å². The second-order valence-electron chi connectivity index (χ2n) is 4.64. The first-order valence-electron chi connectivity index (χ1n) is 5.90. The van der Waals surface area contributed by atoms with Gasteiger partial charge in [0.05, 0.1) is 22.7 Å². The number of para-hydroxylation sites is 1. The van der Waals surface area contributed by atoms with Gasteiger partial charge >= 0.3 is 0 Å². The van der Waals surface area contributed by atoms with Gasteiger partial charge in [-0.25, -0.2) is 0 Å². The van der Waals surface area contributed by atoms with E-state index in [9.17, 15) is 5.26 Å². The van der Waals surface area contributed by atoms with Crippen LogP contribution in [0.1, 0.15) is 23.6 Å². The zero-order valence-corrected chi connectivity index (χ0v) is 10.1. The normalized spacial score (nSPS) is 20.4. The van der Waals surface area contributed by atoms with E-state index in [2.05, 4.69) is 24.1 Å². The lowest BCUT2D eigenvalue weighted by atomic mass is 9.76. The number of nitrogens with zero attached hydrogens (tertiary/aromatic N) is 2. The summed E-state index contributed by atoms with van der Waals surface area (Å²) in [5, 5.41) is 9.25. The second-order valence-corrected chi connectivity index (χ2v) is 4.64. The first-order valence-corrected chi connectivity index (χ1v) is 5.90. The van der Waals surface area contributed by atoms with Crippen LogP contribution in [0.15, 0.2) is 53.5 Å². The molecule has 0 aliphatic carbocycles. The zero-order chi connectivity index (χ0) is 12.6. The molecule has 2 aromatic carbocycles. The molecule has 2 aromatic rings. The van der Waals surface area contributed by atoms with Crippen LogP contribution in [0.3, 0.4) is 0 Å². The quantitative estimate of drug-likeness (QED) is 0.740. The lowest BCUT2D eigenvalue weighted by Gasteiger charge is -2.24. The number of benzene rings is 2. The zero-order valence-electron chi connectivity index (χ0n) is 10.1. The van der Waals surface area contributed by atoms with Crippen molar-refractivity contribution in [1.82, 2.24) is 0 Å². The number of aliphatic imine (C=N–C) groups is 1. The van der Waals surface area contributed by atoms with Crippen molar-refractivity contribution in [2.24, 2.45) is 4.99 Å². The van der Waals surface area contributed by atoms with Crippen molar-refractivity contribution in [3.63, 3.8) is 0 Å². The lowest BCUT2D eigenvalue weighted by molar-refractivity contribution is 0.806. The third-order valence-corrected chi connectivity index (χ3v) is 3.53. The van der Waals surface area contributed by atoms with Crippen molar-refractivity contribution < 1.29 is 0 Å². The van der Waals surface area contributed by atoms with Crippen LogP contribution < -0.4 is 0 Å². The fraction of sp³-hybridized carbons (Fsp3) is 0.125. The van der Waals surface area contributed by atoms with E-state index in [-0.39, 0.29) is 5.41 Å². The van der Waals surface area contributed by atoms with Crippen molar-refractivity contribution >= 4 is 11.9 Å². The van der Waals surface area contributed by atoms with Gasteiger partial charge in [-0.05, 0) is 30.2 Å². The van der Waals surface area contributed by atoms with Gasteiger partial charge in [0.25, 0.3) is 0 Å². The minimum absolute atomic E-state index is 0.303. The Hall–Kier alpha value is -2.40. The van der Waals surface area contributed by atoms with Gasteiger partial charge in [-0.2, -0.15) is 5.26 Å². The van der Waals surface area contributed by atoms with Crippen molar-refractivity contribution in [3.8, 4) is 6.07 Å². The molecule has 1 atom stereocenters. The molecule has 0 amide bonds. The van der Waals surface area contributed by atoms with Crippen LogP contribution in [0.4, 0.5) is 5.69 Å². The maximum atomic E-state index is 9.25. The summed E-state index contributed by atoms with van der Waals surface area (Å²) in [6.45, 7) is 2.11. The highest BCUT2D eigenvalue weighted by atomic mass is 14.8. The number of hydrogen-bond donors (Lipinski definition) is 0. The molecule has 0 radical (unpaired) electrons. The summed E-state index contributed by atoms with van der Waals surface area (Å²) < 4.78 is 0. The standard InChI is InChI=1S/C16H12N2/c1-16(13-7-3-2-6-12(13)10-17)11-18-15-9-5-4-8-14(15)16/h2-9,11H,1H3. The van der Waals surface area contributed by atoms with Gasteiger partial charge in [-0.15, -0.1) is 0 Å². The van der Waals surface area contributed by atoms with Crippen molar-refractivity contribution in [2.75, 3.05) is 0 Å². The summed E-state index contributed by atoms with van der Waals surface area (Å²) in [5.74, 6) is 0. The van der Waals surface area contributed by atoms with Gasteiger partial charge in [0.1, 0.15) is 0 Å². The average molecular weight is 232 g/mol. The third kappa shape index (κ3) is 1.38. The first-order chi connectivity index (χ1) is 8.75. The first kappa shape index (κ1) is 10.7. The van der Waals surface area contributed by atoms with Crippen molar-refractivity contribution in [1.29, 1.82) is 5.26 Å². The van der Waals surface area contributed by atoms with Gasteiger partial charge < -0.3 is 0 Å². The molecular weight excluding hydrogens is 220 g/mol. The maximum Gasteiger partial charge on any atom is 0.0994 e. The molecule has 2 nitrogen and oxygen atoms in total. The Morgan fingerprint density at radius 3 is 2.44 bits per heavy atom. The Morgan fingerprint density at radius 1 is 1.00 bits per heavy atom. The summed E-state index contributed by atoms with van der Waals surface area (Å²) in [6, 6.07) is 18.1. The molecule has 2 heteroatoms. The molecule has 0 N–H and O–H groups in total. The van der Waals surface area contributed by atoms with E-state index in [0.717, 1.165) is 16.8 Å². The van der Waals surface area contributed by atoms with Gasteiger partial charge in [0.2, 0.25) is 0 Å². The van der Waals surface area contributed by atoms with Crippen molar-refractivity contribution in [3.05, 3.63) is 65.2 Å². The van der Waals surface area contributed by atoms with Crippen molar-refractivity contribution in [2.45, 2.75) is 12.3 Å². The topological polar surface area (TPSA) is 36.1 Å². The number of nitriles is 1. The molecule has 3 rings (SSSR count). The molecule has 0 aromatic heterocycles. The molecule has 86 valence electrons. The third-order valence-electron chi connectivity index (χ3n) is 3.53. The SMILES string of the molecule is CC1(c2ccccc2C#N)C=Nc2ccccc21. The molecule has 1 unspecified atom stereocenters. The van der Waals surface area contributed by atoms with E-state index in [1.165, 1.54) is 0 Å². The highest BCUT2D eigenvalue weighted by molar-refractivity contribution is 5.89. The largest absolute Gasteiger partial charge is 0.260 e. The number of fused-ring (bicyclic) bond motifs is 1. The van der Waals surface area contributed by atoms with Crippen LogP contribution in [-0.4, -0.2) is 6.21 Å². The van der Waals surface area contributed by atoms with Crippen LogP contribution in [0.2, 0.25) is 0 Å². The highest BCUT2D eigenvalue weighted by Gasteiger charge is 2.34. The Labute approximate surface area is 106 Å². The van der Waals surface area contributed by atoms with E-state index in [1.807, 2.05) is 48.7 Å². The van der Waals surface area contributed by atoms with E-state index in [0.29, 0.717) is 5.56 Å². The van der Waals surface area contributed by atoms with Gasteiger partial charge in [-0.3, -0.25) is 4.99 Å². The molecule has 1 aliphatic heterocycles. The van der Waals surface area contributed by atoms with Crippen LogP contribution in [0, 0.1) is 11.3 Å². The monoisotopic (exact) mass is 232 g/mol. The Kier molecular flexibility index (Phi) is 2.28. The van der Waals surface area contributed by atoms with Crippen LogP contribution >= 0.6 is 0 Å². The van der Waals surface area contributed by atoms with E-state index in [4.69, 9.17) is 0 Å². The summed E-state index contributed by atoms with van der Waals surface area (Å²) in [7, 11) is 0. The molecule has 0 saturated heterocycles. The maximum absolute atomic E-state index is 9.25. The Balaban J connectivity index is 2.25. The fourth-order valence-corrected chi connectivity index (χ4v) is 2.54. The molecule has 0 fully saturated rings. The molecule has 0 spiro atoms. The number of rotatable bonds is 1. The second kappa shape index (κ2) is 3.82. The van der Waals surface area contributed by atoms with E-state index in [1.54, 1.807) is 0 Å². The molecule has 1 aliphatic rings. The smallest absolute Gasteiger partial charge is 0.0994 e. The lowest BCUT2D eigenvalue weighted by Crippen LogP contribution is -2.23. The number of hydrogen-bond acceptors (Lipinski definition) is 2. The minimum Gasteiger partial charge on any atom is -0.260 e. The summed E-state index contributed by atoms with van der Waals surface area (Å²) in [5.41, 5.74) is 3.58. The molecular formula is C16H12N2. The summed E-state index contributed by atoms with van der Waals surface area (Å²) in [4.78, 5) is 4.47. The van der Waals surface area contributed by atoms with E-state index >= 15 is 0 Å². The summed E-state index contributed by atoms with van der Waals surface area (Å²) in [6.07, 6.45) is 1.94. The Morgan fingerprint density at radius 2 is 1.67 bits per heavy atom. The Bertz CT molecular complexity index is 679. The fourth-order valence-electron chi connectivity index (χ4n) is 2.54. The van der Waals surface area contributed by atoms with Crippen LogP contribution in [0.5, 0.6) is 0 Å². The predicted octanol–water partition coefficient (Wildman–Crippen LogP) is 3.58. The predicted molar refractivity (Wildman–Crippen MR) is 72.2 cm³/mol. The van der Waals surface area contributed by atoms with Crippen LogP contribution in [0.25, 0.3) is 0 Å². The van der Waals surface area contributed by atoms with Gasteiger partial charge in [0, 0.05) is 6.21 Å². The molecule has 18 heavy (non-hydrogen) atoms. The molecule has 0 saturated carbocycles. The molecule has 1 heterocycles. The highest BCUT2D eigenvalue weighted by Crippen LogP contribution is 2.41. The average Bonchev–Trinajstić information content (AvgIpc) is 2.78.